The van der Waals surface area contributed by atoms with Crippen molar-refractivity contribution in [2.24, 2.45) is 5.92 Å². The first-order valence-corrected chi connectivity index (χ1v) is 9.37. The normalized spacial score (nSPS) is 22.4. The Morgan fingerprint density at radius 3 is 2.65 bits per heavy atom. The molecule has 0 aromatic heterocycles. The zero-order valence-corrected chi connectivity index (χ0v) is 14.2. The SMILES string of the molecule is Nc1ccccc1CCC(=O)N1CCCC1CC1CCCCC1. The van der Waals surface area contributed by atoms with E-state index in [-0.39, 0.29) is 0 Å². The van der Waals surface area contributed by atoms with Crippen molar-refractivity contribution in [2.75, 3.05) is 12.3 Å². The van der Waals surface area contributed by atoms with E-state index < -0.39 is 0 Å². The van der Waals surface area contributed by atoms with Crippen LogP contribution in [0.3, 0.4) is 0 Å². The van der Waals surface area contributed by atoms with Gasteiger partial charge in [0.05, 0.1) is 0 Å². The van der Waals surface area contributed by atoms with Crippen LogP contribution >= 0.6 is 0 Å². The molecule has 1 aromatic rings. The van der Waals surface area contributed by atoms with Crippen LogP contribution in [0.25, 0.3) is 0 Å². The molecule has 0 spiro atoms. The molecule has 1 heterocycles. The average Bonchev–Trinajstić information content (AvgIpc) is 3.03. The third-order valence-electron chi connectivity index (χ3n) is 5.69. The number of hydrogen-bond acceptors (Lipinski definition) is 2. The predicted octanol–water partition coefficient (Wildman–Crippen LogP) is 4.16. The Bertz CT molecular complexity index is 522. The van der Waals surface area contributed by atoms with E-state index in [1.165, 1.54) is 51.4 Å². The minimum absolute atomic E-state index is 0.326. The molecular formula is C20H30N2O. The van der Waals surface area contributed by atoms with E-state index in [0.717, 1.165) is 30.1 Å². The van der Waals surface area contributed by atoms with Crippen LogP contribution in [-0.4, -0.2) is 23.4 Å². The van der Waals surface area contributed by atoms with Gasteiger partial charge in [-0.2, -0.15) is 0 Å². The third-order valence-corrected chi connectivity index (χ3v) is 5.69. The van der Waals surface area contributed by atoms with Crippen molar-refractivity contribution in [2.45, 2.75) is 70.3 Å². The number of likely N-dealkylation sites (tertiary alicyclic amines) is 1. The van der Waals surface area contributed by atoms with Crippen LogP contribution in [-0.2, 0) is 11.2 Å². The molecule has 23 heavy (non-hydrogen) atoms. The molecule has 2 fully saturated rings. The molecule has 3 heteroatoms. The van der Waals surface area contributed by atoms with E-state index in [1.807, 2.05) is 24.3 Å². The number of carbonyl (C=O) groups excluding carboxylic acids is 1. The molecular weight excluding hydrogens is 284 g/mol. The van der Waals surface area contributed by atoms with E-state index in [1.54, 1.807) is 0 Å². The highest BCUT2D eigenvalue weighted by molar-refractivity contribution is 5.77. The molecule has 1 aliphatic carbocycles. The lowest BCUT2D eigenvalue weighted by Crippen LogP contribution is -2.37. The lowest BCUT2D eigenvalue weighted by atomic mass is 9.84. The van der Waals surface area contributed by atoms with Gasteiger partial charge in [-0.3, -0.25) is 4.79 Å². The number of carbonyl (C=O) groups is 1. The smallest absolute Gasteiger partial charge is 0.223 e. The number of nitrogens with zero attached hydrogens (tertiary/aromatic N) is 1. The van der Waals surface area contributed by atoms with Gasteiger partial charge in [0.25, 0.3) is 0 Å². The van der Waals surface area contributed by atoms with Gasteiger partial charge in [0.1, 0.15) is 0 Å². The Morgan fingerprint density at radius 1 is 1.09 bits per heavy atom. The van der Waals surface area contributed by atoms with Crippen LogP contribution in [0, 0.1) is 5.92 Å². The Kier molecular flexibility index (Phi) is 5.58. The summed E-state index contributed by atoms with van der Waals surface area (Å²) in [4.78, 5) is 14.8. The first-order valence-electron chi connectivity index (χ1n) is 9.37. The Balaban J connectivity index is 1.52. The van der Waals surface area contributed by atoms with Gasteiger partial charge in [0.15, 0.2) is 0 Å². The van der Waals surface area contributed by atoms with Gasteiger partial charge in [-0.15, -0.1) is 0 Å². The zero-order valence-electron chi connectivity index (χ0n) is 14.2. The van der Waals surface area contributed by atoms with E-state index in [2.05, 4.69) is 4.90 Å². The van der Waals surface area contributed by atoms with Gasteiger partial charge in [-0.1, -0.05) is 50.3 Å². The lowest BCUT2D eigenvalue weighted by Gasteiger charge is -2.30. The number of anilines is 1. The summed E-state index contributed by atoms with van der Waals surface area (Å²) in [6.07, 6.45) is 11.9. The second kappa shape index (κ2) is 7.85. The molecule has 1 aromatic carbocycles. The highest BCUT2D eigenvalue weighted by Crippen LogP contribution is 2.32. The van der Waals surface area contributed by atoms with Crippen molar-refractivity contribution in [3.05, 3.63) is 29.8 Å². The van der Waals surface area contributed by atoms with Gasteiger partial charge in [0, 0.05) is 24.7 Å². The van der Waals surface area contributed by atoms with Crippen molar-refractivity contribution >= 4 is 11.6 Å². The first kappa shape index (κ1) is 16.4. The average molecular weight is 314 g/mol. The number of aryl methyl sites for hydroxylation is 1. The molecule has 0 bridgehead atoms. The summed E-state index contributed by atoms with van der Waals surface area (Å²) in [6.45, 7) is 0.959. The van der Waals surface area contributed by atoms with E-state index in [0.29, 0.717) is 18.4 Å². The molecule has 1 unspecified atom stereocenters. The van der Waals surface area contributed by atoms with E-state index in [9.17, 15) is 4.79 Å². The molecule has 2 N–H and O–H groups in total. The summed E-state index contributed by atoms with van der Waals surface area (Å²) in [5.74, 6) is 1.18. The second-order valence-electron chi connectivity index (χ2n) is 7.32. The summed E-state index contributed by atoms with van der Waals surface area (Å²) in [5, 5.41) is 0. The Hall–Kier alpha value is -1.51. The van der Waals surface area contributed by atoms with Crippen LogP contribution in [0.2, 0.25) is 0 Å². The molecule has 1 aliphatic heterocycles. The molecule has 126 valence electrons. The van der Waals surface area contributed by atoms with Crippen LogP contribution in [0.5, 0.6) is 0 Å². The maximum atomic E-state index is 12.7. The van der Waals surface area contributed by atoms with Crippen LogP contribution < -0.4 is 5.73 Å². The van der Waals surface area contributed by atoms with Gasteiger partial charge in [-0.05, 0) is 43.2 Å². The van der Waals surface area contributed by atoms with Crippen molar-refractivity contribution in [3.8, 4) is 0 Å². The predicted molar refractivity (Wildman–Crippen MR) is 95.1 cm³/mol. The maximum Gasteiger partial charge on any atom is 0.223 e. The molecule has 1 atom stereocenters. The number of benzene rings is 1. The molecule has 1 amide bonds. The Labute approximate surface area is 140 Å². The number of para-hydroxylation sites is 1. The monoisotopic (exact) mass is 314 g/mol. The molecule has 1 saturated heterocycles. The second-order valence-corrected chi connectivity index (χ2v) is 7.32. The number of rotatable bonds is 5. The van der Waals surface area contributed by atoms with Crippen LogP contribution in [0.1, 0.15) is 63.4 Å². The van der Waals surface area contributed by atoms with Crippen LogP contribution in [0.15, 0.2) is 24.3 Å². The maximum absolute atomic E-state index is 12.7. The van der Waals surface area contributed by atoms with Crippen molar-refractivity contribution in [1.82, 2.24) is 4.90 Å². The van der Waals surface area contributed by atoms with E-state index in [4.69, 9.17) is 5.73 Å². The fraction of sp³-hybridized carbons (Fsp3) is 0.650. The Morgan fingerprint density at radius 2 is 1.87 bits per heavy atom. The highest BCUT2D eigenvalue weighted by atomic mass is 16.2. The van der Waals surface area contributed by atoms with Gasteiger partial charge in [0.2, 0.25) is 5.91 Å². The summed E-state index contributed by atoms with van der Waals surface area (Å²) in [7, 11) is 0. The lowest BCUT2D eigenvalue weighted by molar-refractivity contribution is -0.132. The quantitative estimate of drug-likeness (QED) is 0.829. The van der Waals surface area contributed by atoms with Crippen molar-refractivity contribution < 1.29 is 4.79 Å². The molecule has 3 nitrogen and oxygen atoms in total. The molecule has 1 saturated carbocycles. The van der Waals surface area contributed by atoms with E-state index >= 15 is 0 Å². The topological polar surface area (TPSA) is 46.3 Å². The fourth-order valence-corrected chi connectivity index (χ4v) is 4.36. The largest absolute Gasteiger partial charge is 0.399 e. The summed E-state index contributed by atoms with van der Waals surface area (Å²) in [5.41, 5.74) is 7.89. The van der Waals surface area contributed by atoms with Gasteiger partial charge >= 0.3 is 0 Å². The summed E-state index contributed by atoms with van der Waals surface area (Å²) >= 11 is 0. The zero-order chi connectivity index (χ0) is 16.1. The van der Waals surface area contributed by atoms with Crippen LogP contribution in [0.4, 0.5) is 5.69 Å². The minimum atomic E-state index is 0.326. The molecule has 3 rings (SSSR count). The number of hydrogen-bond donors (Lipinski definition) is 1. The van der Waals surface area contributed by atoms with Crippen molar-refractivity contribution in [3.63, 3.8) is 0 Å². The highest BCUT2D eigenvalue weighted by Gasteiger charge is 2.30. The standard InChI is InChI=1S/C20H30N2O/c21-19-11-5-4-9-17(19)12-13-20(23)22-14-6-10-18(22)15-16-7-2-1-3-8-16/h4-5,9,11,16,18H,1-3,6-8,10,12-15,21H2. The summed E-state index contributed by atoms with van der Waals surface area (Å²) < 4.78 is 0. The minimum Gasteiger partial charge on any atom is -0.399 e. The van der Waals surface area contributed by atoms with Crippen molar-refractivity contribution in [1.29, 1.82) is 0 Å². The number of amides is 1. The fourth-order valence-electron chi connectivity index (χ4n) is 4.36. The summed E-state index contributed by atoms with van der Waals surface area (Å²) in [6, 6.07) is 8.39. The molecule has 0 radical (unpaired) electrons. The van der Waals surface area contributed by atoms with Gasteiger partial charge < -0.3 is 10.6 Å². The molecule has 2 aliphatic rings. The third kappa shape index (κ3) is 4.27. The number of nitrogens with two attached hydrogens (primary N) is 1. The first-order chi connectivity index (χ1) is 11.2. The number of nitrogen functional groups attached to an aromatic ring is 1. The van der Waals surface area contributed by atoms with Gasteiger partial charge in [-0.25, -0.2) is 0 Å².